The maximum absolute atomic E-state index is 12.9. The summed E-state index contributed by atoms with van der Waals surface area (Å²) in [4.78, 5) is 0.733. The molecule has 0 aliphatic carbocycles. The molecule has 32 heavy (non-hydrogen) atoms. The summed E-state index contributed by atoms with van der Waals surface area (Å²) in [5.74, 6) is 0.649. The van der Waals surface area contributed by atoms with Crippen LogP contribution in [0, 0.1) is 0 Å². The SMILES string of the molecule is C/C(=C\C(=C/[NH3+])c1sccc1-c1cc(Br)ccc1OCc1ccccc1)C(O)C(F)(F)F. The number of quaternary nitrogens is 1. The molecule has 0 radical (unpaired) electrons. The number of ether oxygens (including phenoxy) is 1. The number of alkyl halides is 3. The molecule has 0 bridgehead atoms. The number of allylic oxidation sites excluding steroid dienone is 2. The third-order valence-corrected chi connectivity index (χ3v) is 6.20. The Morgan fingerprint density at radius 1 is 1.16 bits per heavy atom. The fourth-order valence-corrected chi connectivity index (χ4v) is 4.40. The van der Waals surface area contributed by atoms with Crippen LogP contribution in [-0.2, 0) is 6.61 Å². The Labute approximate surface area is 196 Å². The van der Waals surface area contributed by atoms with Gasteiger partial charge in [0.05, 0.1) is 6.20 Å². The number of rotatable bonds is 7. The summed E-state index contributed by atoms with van der Waals surface area (Å²) in [7, 11) is 0. The van der Waals surface area contributed by atoms with Crippen molar-refractivity contribution in [2.75, 3.05) is 0 Å². The second kappa shape index (κ2) is 10.5. The van der Waals surface area contributed by atoms with E-state index >= 15 is 0 Å². The minimum absolute atomic E-state index is 0.207. The van der Waals surface area contributed by atoms with Gasteiger partial charge in [-0.15, -0.1) is 11.3 Å². The van der Waals surface area contributed by atoms with Crippen molar-refractivity contribution < 1.29 is 28.7 Å². The maximum Gasteiger partial charge on any atom is 0.418 e. The smallest absolute Gasteiger partial charge is 0.418 e. The lowest BCUT2D eigenvalue weighted by atomic mass is 10.00. The van der Waals surface area contributed by atoms with Crippen LogP contribution in [0.5, 0.6) is 5.75 Å². The van der Waals surface area contributed by atoms with E-state index in [-0.39, 0.29) is 5.57 Å². The van der Waals surface area contributed by atoms with Crippen LogP contribution in [0.4, 0.5) is 13.2 Å². The molecule has 8 heteroatoms. The topological polar surface area (TPSA) is 57.1 Å². The Bertz CT molecular complexity index is 1120. The van der Waals surface area contributed by atoms with Crippen molar-refractivity contribution in [1.82, 2.24) is 0 Å². The minimum atomic E-state index is -4.73. The van der Waals surface area contributed by atoms with Crippen LogP contribution < -0.4 is 10.5 Å². The van der Waals surface area contributed by atoms with Gasteiger partial charge in [0, 0.05) is 26.0 Å². The molecule has 3 rings (SSSR count). The highest BCUT2D eigenvalue weighted by atomic mass is 79.9. The second-order valence-corrected chi connectivity index (χ2v) is 8.90. The molecule has 3 aromatic rings. The standard InChI is InChI=1S/C24H21BrF3NO2S/c1-15(23(30)24(26,27)28)11-17(13-29)22-19(9-10-32-22)20-12-18(25)7-8-21(20)31-14-16-5-3-2-4-6-16/h2-13,23,30H,14,29H2,1H3/p+1/b15-11+,17-13+. The average Bonchev–Trinajstić information content (AvgIpc) is 3.25. The number of thiophene rings is 1. The number of benzene rings is 2. The Morgan fingerprint density at radius 3 is 2.53 bits per heavy atom. The van der Waals surface area contributed by atoms with Crippen molar-refractivity contribution in [3.8, 4) is 16.9 Å². The third-order valence-electron chi connectivity index (χ3n) is 4.74. The number of hydrogen-bond acceptors (Lipinski definition) is 3. The van der Waals surface area contributed by atoms with E-state index in [1.54, 1.807) is 0 Å². The third kappa shape index (κ3) is 5.89. The first-order valence-corrected chi connectivity index (χ1v) is 11.3. The van der Waals surface area contributed by atoms with Gasteiger partial charge < -0.3 is 15.6 Å². The largest absolute Gasteiger partial charge is 0.488 e. The Kier molecular flexibility index (Phi) is 7.95. The summed E-state index contributed by atoms with van der Waals surface area (Å²) in [5.41, 5.74) is 6.67. The van der Waals surface area contributed by atoms with E-state index in [9.17, 15) is 18.3 Å². The highest BCUT2D eigenvalue weighted by Gasteiger charge is 2.39. The van der Waals surface area contributed by atoms with E-state index in [0.29, 0.717) is 17.9 Å². The molecule has 3 nitrogen and oxygen atoms in total. The average molecular weight is 525 g/mol. The zero-order chi connectivity index (χ0) is 23.3. The Hall–Kier alpha value is -2.39. The van der Waals surface area contributed by atoms with Crippen molar-refractivity contribution in [3.05, 3.63) is 92.7 Å². The molecule has 0 spiro atoms. The lowest BCUT2D eigenvalue weighted by molar-refractivity contribution is -0.273. The molecular weight excluding hydrogens is 503 g/mol. The van der Waals surface area contributed by atoms with Crippen molar-refractivity contribution in [1.29, 1.82) is 0 Å². The van der Waals surface area contributed by atoms with Crippen molar-refractivity contribution >= 4 is 32.8 Å². The monoisotopic (exact) mass is 524 g/mol. The van der Waals surface area contributed by atoms with Crippen LogP contribution in [0.2, 0.25) is 0 Å². The van der Waals surface area contributed by atoms with Gasteiger partial charge in [0.2, 0.25) is 0 Å². The molecule has 0 aliphatic rings. The Morgan fingerprint density at radius 2 is 1.88 bits per heavy atom. The molecule has 0 amide bonds. The molecule has 2 aromatic carbocycles. The van der Waals surface area contributed by atoms with Gasteiger partial charge in [-0.05, 0) is 53.8 Å². The molecule has 1 atom stereocenters. The van der Waals surface area contributed by atoms with Crippen molar-refractivity contribution in [2.45, 2.75) is 25.8 Å². The second-order valence-electron chi connectivity index (χ2n) is 7.07. The normalized spacial score (nSPS) is 13.8. The van der Waals surface area contributed by atoms with E-state index < -0.39 is 12.3 Å². The first kappa shape index (κ1) is 24.3. The number of halogens is 4. The zero-order valence-electron chi connectivity index (χ0n) is 17.2. The van der Waals surface area contributed by atoms with Crippen LogP contribution in [0.3, 0.4) is 0 Å². The van der Waals surface area contributed by atoms with Gasteiger partial charge in [-0.1, -0.05) is 46.3 Å². The molecule has 0 saturated heterocycles. The summed E-state index contributed by atoms with van der Waals surface area (Å²) in [6.07, 6.45) is -4.45. The number of aliphatic hydroxyl groups excluding tert-OH is 1. The van der Waals surface area contributed by atoms with Gasteiger partial charge in [-0.2, -0.15) is 13.2 Å². The maximum atomic E-state index is 12.9. The molecule has 1 heterocycles. The quantitative estimate of drug-likeness (QED) is 0.361. The van der Waals surface area contributed by atoms with E-state index in [2.05, 4.69) is 21.7 Å². The van der Waals surface area contributed by atoms with Gasteiger partial charge in [0.25, 0.3) is 0 Å². The zero-order valence-corrected chi connectivity index (χ0v) is 19.6. The highest BCUT2D eigenvalue weighted by molar-refractivity contribution is 9.10. The predicted molar refractivity (Wildman–Crippen MR) is 125 cm³/mol. The first-order chi connectivity index (χ1) is 15.2. The van der Waals surface area contributed by atoms with E-state index in [1.165, 1.54) is 30.5 Å². The van der Waals surface area contributed by atoms with Crippen molar-refractivity contribution in [3.63, 3.8) is 0 Å². The summed E-state index contributed by atoms with van der Waals surface area (Å²) in [6, 6.07) is 17.3. The molecule has 0 saturated carbocycles. The summed E-state index contributed by atoms with van der Waals surface area (Å²) in [5, 5.41) is 11.4. The van der Waals surface area contributed by atoms with Crippen LogP contribution in [0.1, 0.15) is 17.4 Å². The van der Waals surface area contributed by atoms with Gasteiger partial charge in [0.15, 0.2) is 6.10 Å². The molecule has 168 valence electrons. The molecule has 1 unspecified atom stereocenters. The fraction of sp³-hybridized carbons (Fsp3) is 0.167. The van der Waals surface area contributed by atoms with Gasteiger partial charge in [-0.25, -0.2) is 0 Å². The molecule has 0 fully saturated rings. The number of hydrogen-bond donors (Lipinski definition) is 2. The molecular formula is C24H22BrF3NO2S+. The van der Waals surface area contributed by atoms with E-state index in [1.807, 2.05) is 60.0 Å². The number of aliphatic hydroxyl groups is 1. The fourth-order valence-electron chi connectivity index (χ4n) is 3.12. The van der Waals surface area contributed by atoms with Crippen LogP contribution in [-0.4, -0.2) is 17.4 Å². The first-order valence-electron chi connectivity index (χ1n) is 9.67. The van der Waals surface area contributed by atoms with E-state index in [0.717, 1.165) is 26.0 Å². The summed E-state index contributed by atoms with van der Waals surface area (Å²) in [6.45, 7) is 1.63. The molecule has 1 aromatic heterocycles. The van der Waals surface area contributed by atoms with E-state index in [4.69, 9.17) is 4.74 Å². The van der Waals surface area contributed by atoms with Crippen LogP contribution >= 0.6 is 27.3 Å². The van der Waals surface area contributed by atoms with Crippen LogP contribution in [0.25, 0.3) is 16.7 Å². The van der Waals surface area contributed by atoms with Gasteiger partial charge in [0.1, 0.15) is 12.4 Å². The summed E-state index contributed by atoms with van der Waals surface area (Å²) >= 11 is 4.87. The Balaban J connectivity index is 1.97. The highest BCUT2D eigenvalue weighted by Crippen LogP contribution is 2.41. The van der Waals surface area contributed by atoms with Crippen LogP contribution in [0.15, 0.2) is 82.3 Å². The lowest BCUT2D eigenvalue weighted by Gasteiger charge is -2.16. The molecule has 0 aliphatic heterocycles. The predicted octanol–water partition coefficient (Wildman–Crippen LogP) is 6.21. The van der Waals surface area contributed by atoms with Crippen molar-refractivity contribution in [2.24, 2.45) is 0 Å². The molecule has 4 N–H and O–H groups in total. The van der Waals surface area contributed by atoms with Gasteiger partial charge in [-0.3, -0.25) is 0 Å². The lowest BCUT2D eigenvalue weighted by Crippen LogP contribution is -2.39. The van der Waals surface area contributed by atoms with Gasteiger partial charge >= 0.3 is 6.18 Å². The minimum Gasteiger partial charge on any atom is -0.488 e. The summed E-state index contributed by atoms with van der Waals surface area (Å²) < 4.78 is 45.7.